The summed E-state index contributed by atoms with van der Waals surface area (Å²) in [4.78, 5) is 10.3. The molecule has 0 rings (SSSR count). The third-order valence-corrected chi connectivity index (χ3v) is 3.05. The third-order valence-electron chi connectivity index (χ3n) is 3.05. The van der Waals surface area contributed by atoms with Crippen molar-refractivity contribution < 1.29 is 9.90 Å². The van der Waals surface area contributed by atoms with Crippen LogP contribution in [0.1, 0.15) is 71.1 Å². The molecule has 0 spiro atoms. The Labute approximate surface area is 124 Å². The van der Waals surface area contributed by atoms with Gasteiger partial charge in [0.1, 0.15) is 0 Å². The monoisotopic (exact) mass is 278 g/mol. The van der Waals surface area contributed by atoms with Gasteiger partial charge in [0.25, 0.3) is 0 Å². The Morgan fingerprint density at radius 2 is 1.35 bits per heavy atom. The van der Waals surface area contributed by atoms with E-state index in [1.807, 2.05) is 18.2 Å². The molecule has 0 atom stereocenters. The van der Waals surface area contributed by atoms with Crippen LogP contribution in [0.25, 0.3) is 0 Å². The number of rotatable bonds is 13. The van der Waals surface area contributed by atoms with Gasteiger partial charge in [-0.05, 0) is 38.5 Å². The number of hydrogen-bond donors (Lipinski definition) is 1. The minimum absolute atomic E-state index is 0.220. The van der Waals surface area contributed by atoms with Gasteiger partial charge in [0, 0.05) is 6.42 Å². The Morgan fingerprint density at radius 1 is 0.800 bits per heavy atom. The molecule has 1 N–H and O–H groups in total. The Balaban J connectivity index is 3.23. The summed E-state index contributed by atoms with van der Waals surface area (Å²) in [7, 11) is 0. The molecular formula is C18H30O2. The Morgan fingerprint density at radius 3 is 1.95 bits per heavy atom. The zero-order chi connectivity index (χ0) is 14.9. The minimum Gasteiger partial charge on any atom is -0.481 e. The van der Waals surface area contributed by atoms with Gasteiger partial charge < -0.3 is 5.11 Å². The van der Waals surface area contributed by atoms with Gasteiger partial charge in [-0.1, -0.05) is 62.6 Å². The molecule has 0 aromatic carbocycles. The number of unbranched alkanes of at least 4 members (excludes halogenated alkanes) is 6. The van der Waals surface area contributed by atoms with Gasteiger partial charge in [-0.2, -0.15) is 0 Å². The first kappa shape index (κ1) is 18.7. The molecule has 0 aliphatic rings. The molecule has 114 valence electrons. The van der Waals surface area contributed by atoms with Gasteiger partial charge in [-0.25, -0.2) is 0 Å². The lowest BCUT2D eigenvalue weighted by molar-refractivity contribution is -0.136. The number of carboxylic acid groups (broad SMARTS) is 1. The van der Waals surface area contributed by atoms with E-state index in [-0.39, 0.29) is 6.42 Å². The van der Waals surface area contributed by atoms with Crippen molar-refractivity contribution in [1.29, 1.82) is 0 Å². The molecule has 0 saturated heterocycles. The molecule has 0 amide bonds. The van der Waals surface area contributed by atoms with Gasteiger partial charge >= 0.3 is 5.97 Å². The number of carboxylic acids is 1. The van der Waals surface area contributed by atoms with Gasteiger partial charge in [0.05, 0.1) is 0 Å². The summed E-state index contributed by atoms with van der Waals surface area (Å²) in [6, 6.07) is 0. The first-order valence-corrected chi connectivity index (χ1v) is 7.95. The highest BCUT2D eigenvalue weighted by Gasteiger charge is 1.90. The zero-order valence-electron chi connectivity index (χ0n) is 12.9. The minimum atomic E-state index is -0.733. The van der Waals surface area contributed by atoms with E-state index in [0.717, 1.165) is 12.8 Å². The molecule has 0 aromatic heterocycles. The number of aliphatic carboxylic acids is 1. The van der Waals surface area contributed by atoms with Crippen LogP contribution in [0.15, 0.2) is 36.5 Å². The number of hydrogen-bond acceptors (Lipinski definition) is 1. The summed E-state index contributed by atoms with van der Waals surface area (Å²) >= 11 is 0. The maximum Gasteiger partial charge on any atom is 0.303 e. The van der Waals surface area contributed by atoms with E-state index in [2.05, 4.69) is 25.2 Å². The van der Waals surface area contributed by atoms with Crippen LogP contribution in [0.3, 0.4) is 0 Å². The van der Waals surface area contributed by atoms with Gasteiger partial charge in [0.2, 0.25) is 0 Å². The highest BCUT2D eigenvalue weighted by atomic mass is 16.4. The second-order valence-corrected chi connectivity index (χ2v) is 5.01. The molecule has 0 saturated carbocycles. The highest BCUT2D eigenvalue weighted by molar-refractivity contribution is 5.66. The van der Waals surface area contributed by atoms with Crippen LogP contribution in [0.5, 0.6) is 0 Å². The standard InChI is InChI=1S/C18H30O2/c1-2-3-4-5-6-7-8-9-10-11-12-13-14-15-16-17-18(19)20/h3-4,12-15H,2,5-11,16-17H2,1H3,(H,19,20)/b4-3+,13-12+,15-14+. The van der Waals surface area contributed by atoms with Crippen LogP contribution in [-0.2, 0) is 4.79 Å². The largest absolute Gasteiger partial charge is 0.481 e. The van der Waals surface area contributed by atoms with Crippen molar-refractivity contribution in [1.82, 2.24) is 0 Å². The fraction of sp³-hybridized carbons (Fsp3) is 0.611. The van der Waals surface area contributed by atoms with Crippen molar-refractivity contribution in [2.24, 2.45) is 0 Å². The molecule has 0 aliphatic carbocycles. The van der Waals surface area contributed by atoms with E-state index in [1.165, 1.54) is 38.5 Å². The lowest BCUT2D eigenvalue weighted by Crippen LogP contribution is -1.91. The van der Waals surface area contributed by atoms with Crippen LogP contribution < -0.4 is 0 Å². The van der Waals surface area contributed by atoms with Gasteiger partial charge in [0.15, 0.2) is 0 Å². The summed E-state index contributed by atoms with van der Waals surface area (Å²) in [6.07, 6.45) is 23.5. The molecule has 0 unspecified atom stereocenters. The molecule has 0 heterocycles. The van der Waals surface area contributed by atoms with Crippen LogP contribution in [0.2, 0.25) is 0 Å². The van der Waals surface area contributed by atoms with Crippen LogP contribution in [-0.4, -0.2) is 11.1 Å². The SMILES string of the molecule is CC/C=C/CCCCCCC/C=C/C=C/CCC(=O)O. The van der Waals surface area contributed by atoms with E-state index in [0.29, 0.717) is 6.42 Å². The summed E-state index contributed by atoms with van der Waals surface area (Å²) in [6.45, 7) is 2.17. The fourth-order valence-corrected chi connectivity index (χ4v) is 1.90. The van der Waals surface area contributed by atoms with Crippen LogP contribution in [0.4, 0.5) is 0 Å². The average molecular weight is 278 g/mol. The normalized spacial score (nSPS) is 12.1. The predicted octanol–water partition coefficient (Wildman–Crippen LogP) is 5.66. The van der Waals surface area contributed by atoms with Crippen molar-refractivity contribution in [3.8, 4) is 0 Å². The van der Waals surface area contributed by atoms with Crippen LogP contribution in [0, 0.1) is 0 Å². The maximum absolute atomic E-state index is 10.3. The van der Waals surface area contributed by atoms with Gasteiger partial charge in [-0.3, -0.25) is 4.79 Å². The predicted molar refractivity (Wildman–Crippen MR) is 86.9 cm³/mol. The molecule has 0 fully saturated rings. The molecule has 0 aliphatic heterocycles. The molecule has 0 bridgehead atoms. The van der Waals surface area contributed by atoms with E-state index >= 15 is 0 Å². The van der Waals surface area contributed by atoms with E-state index in [1.54, 1.807) is 0 Å². The maximum atomic E-state index is 10.3. The van der Waals surface area contributed by atoms with Crippen molar-refractivity contribution >= 4 is 5.97 Å². The number of allylic oxidation sites excluding steroid dienone is 6. The molecule has 0 aromatic rings. The lowest BCUT2D eigenvalue weighted by atomic mass is 10.1. The second-order valence-electron chi connectivity index (χ2n) is 5.01. The summed E-state index contributed by atoms with van der Waals surface area (Å²) in [5.41, 5.74) is 0. The first-order chi connectivity index (χ1) is 9.77. The van der Waals surface area contributed by atoms with Crippen molar-refractivity contribution in [3.05, 3.63) is 36.5 Å². The summed E-state index contributed by atoms with van der Waals surface area (Å²) < 4.78 is 0. The Kier molecular flexibility index (Phi) is 14.7. The lowest BCUT2D eigenvalue weighted by Gasteiger charge is -1.97. The summed E-state index contributed by atoms with van der Waals surface area (Å²) in [5, 5.41) is 8.46. The van der Waals surface area contributed by atoms with Gasteiger partial charge in [-0.15, -0.1) is 0 Å². The quantitative estimate of drug-likeness (QED) is 0.268. The van der Waals surface area contributed by atoms with Crippen molar-refractivity contribution in [3.63, 3.8) is 0 Å². The molecule has 2 heteroatoms. The Bertz CT molecular complexity index is 301. The molecular weight excluding hydrogens is 248 g/mol. The first-order valence-electron chi connectivity index (χ1n) is 7.95. The van der Waals surface area contributed by atoms with Crippen molar-refractivity contribution in [2.45, 2.75) is 71.1 Å². The zero-order valence-corrected chi connectivity index (χ0v) is 12.9. The second kappa shape index (κ2) is 15.7. The molecule has 20 heavy (non-hydrogen) atoms. The van der Waals surface area contributed by atoms with E-state index in [9.17, 15) is 4.79 Å². The highest BCUT2D eigenvalue weighted by Crippen LogP contribution is 2.08. The van der Waals surface area contributed by atoms with Crippen molar-refractivity contribution in [2.75, 3.05) is 0 Å². The summed E-state index contributed by atoms with van der Waals surface area (Å²) in [5.74, 6) is -0.733. The fourth-order valence-electron chi connectivity index (χ4n) is 1.90. The molecule has 0 radical (unpaired) electrons. The average Bonchev–Trinajstić information content (AvgIpc) is 2.43. The van der Waals surface area contributed by atoms with E-state index in [4.69, 9.17) is 5.11 Å². The topological polar surface area (TPSA) is 37.3 Å². The van der Waals surface area contributed by atoms with Crippen LogP contribution >= 0.6 is 0 Å². The third kappa shape index (κ3) is 16.7. The number of carbonyl (C=O) groups is 1. The smallest absolute Gasteiger partial charge is 0.303 e. The Hall–Kier alpha value is -1.31. The van der Waals surface area contributed by atoms with E-state index < -0.39 is 5.97 Å². The molecule has 2 nitrogen and oxygen atoms in total.